The quantitative estimate of drug-likeness (QED) is 0.926. The van der Waals surface area contributed by atoms with Crippen molar-refractivity contribution in [2.75, 3.05) is 19.8 Å². The molecule has 1 saturated heterocycles. The zero-order valence-electron chi connectivity index (χ0n) is 11.1. The van der Waals surface area contributed by atoms with Crippen LogP contribution in [0.25, 0.3) is 0 Å². The van der Waals surface area contributed by atoms with E-state index in [-0.39, 0.29) is 18.9 Å². The topological polar surface area (TPSA) is 66.8 Å². The molecule has 6 heteroatoms. The van der Waals surface area contributed by atoms with Crippen LogP contribution in [0, 0.1) is 6.92 Å². The Balaban J connectivity index is 2.20. The van der Waals surface area contributed by atoms with Crippen molar-refractivity contribution in [1.29, 1.82) is 0 Å². The van der Waals surface area contributed by atoms with E-state index in [4.69, 9.17) is 21.4 Å². The second-order valence-electron chi connectivity index (χ2n) is 4.79. The van der Waals surface area contributed by atoms with E-state index >= 15 is 0 Å². The minimum atomic E-state index is -0.944. The van der Waals surface area contributed by atoms with Crippen molar-refractivity contribution in [3.63, 3.8) is 0 Å². The largest absolute Gasteiger partial charge is 0.481 e. The number of ether oxygens (including phenoxy) is 1. The molecule has 1 amide bonds. The van der Waals surface area contributed by atoms with Gasteiger partial charge in [0, 0.05) is 17.1 Å². The molecule has 0 unspecified atom stereocenters. The number of hydrogen-bond acceptors (Lipinski definition) is 3. The highest BCUT2D eigenvalue weighted by molar-refractivity contribution is 6.31. The van der Waals surface area contributed by atoms with E-state index in [0.29, 0.717) is 23.7 Å². The van der Waals surface area contributed by atoms with Gasteiger partial charge in [0.05, 0.1) is 25.7 Å². The molecular weight excluding hydrogens is 282 g/mol. The molecule has 1 aliphatic heterocycles. The number of hydrogen-bond donors (Lipinski definition) is 1. The van der Waals surface area contributed by atoms with Gasteiger partial charge in [-0.05, 0) is 24.6 Å². The number of amides is 1. The monoisotopic (exact) mass is 297 g/mol. The van der Waals surface area contributed by atoms with Gasteiger partial charge in [-0.1, -0.05) is 17.7 Å². The van der Waals surface area contributed by atoms with E-state index in [1.54, 1.807) is 23.1 Å². The lowest BCUT2D eigenvalue weighted by Crippen LogP contribution is -2.49. The lowest BCUT2D eigenvalue weighted by molar-refractivity contribution is -0.139. The number of nitrogens with zero attached hydrogens (tertiary/aromatic N) is 1. The Morgan fingerprint density at radius 2 is 2.25 bits per heavy atom. The molecule has 0 aliphatic carbocycles. The molecule has 1 heterocycles. The van der Waals surface area contributed by atoms with Gasteiger partial charge in [0.2, 0.25) is 0 Å². The molecule has 1 aromatic carbocycles. The average molecular weight is 298 g/mol. The van der Waals surface area contributed by atoms with E-state index < -0.39 is 12.0 Å². The predicted molar refractivity (Wildman–Crippen MR) is 74.1 cm³/mol. The highest BCUT2D eigenvalue weighted by atomic mass is 35.5. The Bertz CT molecular complexity index is 532. The first-order valence-corrected chi connectivity index (χ1v) is 6.73. The van der Waals surface area contributed by atoms with Crippen LogP contribution in [0.4, 0.5) is 0 Å². The maximum Gasteiger partial charge on any atom is 0.305 e. The molecule has 0 radical (unpaired) electrons. The molecule has 1 fully saturated rings. The van der Waals surface area contributed by atoms with Crippen molar-refractivity contribution >= 4 is 23.5 Å². The number of rotatable bonds is 3. The molecule has 2 rings (SSSR count). The highest BCUT2D eigenvalue weighted by Crippen LogP contribution is 2.20. The molecule has 20 heavy (non-hydrogen) atoms. The van der Waals surface area contributed by atoms with Crippen molar-refractivity contribution in [3.05, 3.63) is 34.3 Å². The number of aryl methyl sites for hydroxylation is 1. The molecule has 1 aliphatic rings. The molecular formula is C14H16ClNO4. The molecule has 1 aromatic rings. The van der Waals surface area contributed by atoms with Crippen LogP contribution in [0.1, 0.15) is 22.3 Å². The summed E-state index contributed by atoms with van der Waals surface area (Å²) in [6.45, 7) is 2.92. The van der Waals surface area contributed by atoms with Crippen LogP contribution in [0.5, 0.6) is 0 Å². The van der Waals surface area contributed by atoms with E-state index in [1.165, 1.54) is 0 Å². The van der Waals surface area contributed by atoms with E-state index in [9.17, 15) is 9.59 Å². The number of carbonyl (C=O) groups is 2. The molecule has 5 nitrogen and oxygen atoms in total. The smallest absolute Gasteiger partial charge is 0.305 e. The minimum absolute atomic E-state index is 0.120. The number of halogens is 1. The van der Waals surface area contributed by atoms with Gasteiger partial charge in [-0.15, -0.1) is 0 Å². The summed E-state index contributed by atoms with van der Waals surface area (Å²) in [6.07, 6.45) is -0.120. The van der Waals surface area contributed by atoms with Gasteiger partial charge >= 0.3 is 5.97 Å². The fraction of sp³-hybridized carbons (Fsp3) is 0.429. The molecule has 108 valence electrons. The van der Waals surface area contributed by atoms with Crippen LogP contribution in [0.3, 0.4) is 0 Å². The lowest BCUT2D eigenvalue weighted by Gasteiger charge is -2.35. The van der Waals surface area contributed by atoms with Crippen LogP contribution < -0.4 is 0 Å². The van der Waals surface area contributed by atoms with Crippen molar-refractivity contribution in [2.24, 2.45) is 0 Å². The van der Waals surface area contributed by atoms with E-state index in [0.717, 1.165) is 5.56 Å². The summed E-state index contributed by atoms with van der Waals surface area (Å²) in [4.78, 5) is 24.9. The van der Waals surface area contributed by atoms with Crippen molar-refractivity contribution in [2.45, 2.75) is 19.4 Å². The standard InChI is InChI=1S/C14H16ClNO4/c1-9-2-3-10(6-12(9)15)14(19)16-4-5-20-8-11(16)7-13(17)18/h2-3,6,11H,4-5,7-8H2,1H3,(H,17,18)/t11-/m1/s1. The summed E-state index contributed by atoms with van der Waals surface area (Å²) in [7, 11) is 0. The van der Waals surface area contributed by atoms with Crippen LogP contribution in [-0.2, 0) is 9.53 Å². The summed E-state index contributed by atoms with van der Waals surface area (Å²) in [5, 5.41) is 9.43. The van der Waals surface area contributed by atoms with Gasteiger partial charge in [0.25, 0.3) is 5.91 Å². The number of carboxylic acid groups (broad SMARTS) is 1. The maximum atomic E-state index is 12.5. The van der Waals surface area contributed by atoms with Gasteiger partial charge in [0.1, 0.15) is 0 Å². The Labute approximate surface area is 122 Å². The van der Waals surface area contributed by atoms with Gasteiger partial charge in [-0.3, -0.25) is 9.59 Å². The lowest BCUT2D eigenvalue weighted by atomic mass is 10.1. The molecule has 0 bridgehead atoms. The van der Waals surface area contributed by atoms with Crippen LogP contribution in [0.2, 0.25) is 5.02 Å². The summed E-state index contributed by atoms with van der Waals surface area (Å²) in [5.41, 5.74) is 1.37. The fourth-order valence-corrected chi connectivity index (χ4v) is 2.37. The second-order valence-corrected chi connectivity index (χ2v) is 5.20. The molecule has 0 aromatic heterocycles. The van der Waals surface area contributed by atoms with Crippen LogP contribution >= 0.6 is 11.6 Å². The number of morpholine rings is 1. The third kappa shape index (κ3) is 3.29. The molecule has 0 spiro atoms. The molecule has 1 N–H and O–H groups in total. The van der Waals surface area contributed by atoms with E-state index in [2.05, 4.69) is 0 Å². The third-order valence-electron chi connectivity index (χ3n) is 3.32. The molecule has 0 saturated carbocycles. The number of aliphatic carboxylic acids is 1. The Kier molecular flexibility index (Phi) is 4.62. The first kappa shape index (κ1) is 14.8. The van der Waals surface area contributed by atoms with Crippen molar-refractivity contribution in [3.8, 4) is 0 Å². The highest BCUT2D eigenvalue weighted by Gasteiger charge is 2.29. The number of carboxylic acids is 1. The SMILES string of the molecule is Cc1ccc(C(=O)N2CCOC[C@H]2CC(=O)O)cc1Cl. The summed E-state index contributed by atoms with van der Waals surface area (Å²) >= 11 is 6.03. The van der Waals surface area contributed by atoms with Crippen LogP contribution in [0.15, 0.2) is 18.2 Å². The van der Waals surface area contributed by atoms with Crippen LogP contribution in [-0.4, -0.2) is 47.7 Å². The second kappa shape index (κ2) is 6.24. The summed E-state index contributed by atoms with van der Waals surface area (Å²) in [6, 6.07) is 4.67. The normalized spacial score (nSPS) is 18.9. The van der Waals surface area contributed by atoms with E-state index in [1.807, 2.05) is 6.92 Å². The Morgan fingerprint density at radius 1 is 1.50 bits per heavy atom. The van der Waals surface area contributed by atoms with Crippen molar-refractivity contribution in [1.82, 2.24) is 4.90 Å². The van der Waals surface area contributed by atoms with Gasteiger partial charge in [0.15, 0.2) is 0 Å². The number of benzene rings is 1. The van der Waals surface area contributed by atoms with Gasteiger partial charge in [-0.25, -0.2) is 0 Å². The van der Waals surface area contributed by atoms with Crippen molar-refractivity contribution < 1.29 is 19.4 Å². The fourth-order valence-electron chi connectivity index (χ4n) is 2.18. The maximum absolute atomic E-state index is 12.5. The molecule has 1 atom stereocenters. The predicted octanol–water partition coefficient (Wildman–Crippen LogP) is 1.96. The zero-order chi connectivity index (χ0) is 14.7. The number of carbonyl (C=O) groups excluding carboxylic acids is 1. The third-order valence-corrected chi connectivity index (χ3v) is 3.72. The summed E-state index contributed by atoms with van der Waals surface area (Å²) in [5.74, 6) is -1.15. The first-order valence-electron chi connectivity index (χ1n) is 6.35. The zero-order valence-corrected chi connectivity index (χ0v) is 11.9. The first-order chi connectivity index (χ1) is 9.49. The van der Waals surface area contributed by atoms with Gasteiger partial charge < -0.3 is 14.7 Å². The minimum Gasteiger partial charge on any atom is -0.481 e. The average Bonchev–Trinajstić information content (AvgIpc) is 2.41. The Hall–Kier alpha value is -1.59. The summed E-state index contributed by atoms with van der Waals surface area (Å²) < 4.78 is 5.26. The Morgan fingerprint density at radius 3 is 2.90 bits per heavy atom. The van der Waals surface area contributed by atoms with Gasteiger partial charge in [-0.2, -0.15) is 0 Å².